The van der Waals surface area contributed by atoms with E-state index in [-0.39, 0.29) is 6.61 Å². The van der Waals surface area contributed by atoms with E-state index in [1.807, 2.05) is 13.0 Å². The van der Waals surface area contributed by atoms with E-state index in [1.54, 1.807) is 57.0 Å². The molecule has 4 rings (SSSR count). The third-order valence-corrected chi connectivity index (χ3v) is 7.44. The molecular weight excluding hydrogens is 437 g/mol. The Bertz CT molecular complexity index is 1310. The van der Waals surface area contributed by atoms with Gasteiger partial charge in [-0.15, -0.1) is 0 Å². The van der Waals surface area contributed by atoms with Crippen LogP contribution in [0.15, 0.2) is 42.6 Å². The molecule has 0 aliphatic carbocycles. The maximum atomic E-state index is 12.4. The monoisotopic (exact) mass is 463 g/mol. The number of benzene rings is 2. The van der Waals surface area contributed by atoms with Gasteiger partial charge in [-0.1, -0.05) is 6.92 Å². The van der Waals surface area contributed by atoms with Gasteiger partial charge in [0.05, 0.1) is 36.3 Å². The summed E-state index contributed by atoms with van der Waals surface area (Å²) in [6, 6.07) is 13.1. The number of nitrogens with zero attached hydrogens (tertiary/aromatic N) is 3. The van der Waals surface area contributed by atoms with Crippen LogP contribution in [0.5, 0.6) is 5.75 Å². The zero-order valence-corrected chi connectivity index (χ0v) is 19.9. The number of aliphatic hydroxyl groups excluding tert-OH is 1. The molecule has 0 spiro atoms. The van der Waals surface area contributed by atoms with Crippen molar-refractivity contribution in [3.63, 3.8) is 0 Å². The third-order valence-electron chi connectivity index (χ3n) is 5.92. The Kier molecular flexibility index (Phi) is 5.87. The highest BCUT2D eigenvalue weighted by molar-refractivity contribution is 7.70. The maximum Gasteiger partial charge on any atom is 0.227 e. The minimum atomic E-state index is -2.42. The van der Waals surface area contributed by atoms with Crippen molar-refractivity contribution in [2.24, 2.45) is 0 Å². The van der Waals surface area contributed by atoms with Gasteiger partial charge < -0.3 is 25.0 Å². The predicted molar refractivity (Wildman–Crippen MR) is 130 cm³/mol. The van der Waals surface area contributed by atoms with Crippen LogP contribution in [0.2, 0.25) is 0 Å². The third kappa shape index (κ3) is 4.30. The van der Waals surface area contributed by atoms with Crippen molar-refractivity contribution in [2.75, 3.05) is 44.2 Å². The number of hydrogen-bond acceptors (Lipinski definition) is 8. The molecule has 1 aromatic heterocycles. The van der Waals surface area contributed by atoms with Crippen LogP contribution in [0.3, 0.4) is 0 Å². The standard InChI is InChI=1S/C24H26N5O3P/c1-24(14-30)13-27-22-16(12-25)9-15(10-18(22)24)19-7-8-26-23(28-19)29-20-6-5-17(33(3,4)31)11-21(20)32-2/h5-11,27,30H,13-14H2,1-4H3,(H,26,28,29)/t24-/m1/s1. The molecule has 170 valence electrons. The van der Waals surface area contributed by atoms with Crippen LogP contribution in [-0.4, -0.2) is 48.7 Å². The van der Waals surface area contributed by atoms with Crippen molar-refractivity contribution < 1.29 is 14.4 Å². The highest BCUT2D eigenvalue weighted by Gasteiger charge is 2.36. The Labute approximate surface area is 193 Å². The van der Waals surface area contributed by atoms with Crippen LogP contribution in [0.4, 0.5) is 17.3 Å². The van der Waals surface area contributed by atoms with Crippen molar-refractivity contribution in [1.29, 1.82) is 5.26 Å². The molecule has 9 heteroatoms. The second-order valence-corrected chi connectivity index (χ2v) is 12.0. The topological polar surface area (TPSA) is 120 Å². The smallest absolute Gasteiger partial charge is 0.227 e. The van der Waals surface area contributed by atoms with Gasteiger partial charge in [0, 0.05) is 29.0 Å². The maximum absolute atomic E-state index is 12.4. The van der Waals surface area contributed by atoms with Gasteiger partial charge in [0.1, 0.15) is 19.0 Å². The molecule has 2 aromatic carbocycles. The van der Waals surface area contributed by atoms with E-state index >= 15 is 0 Å². The molecule has 3 N–H and O–H groups in total. The molecule has 1 atom stereocenters. The summed E-state index contributed by atoms with van der Waals surface area (Å²) < 4.78 is 17.9. The minimum absolute atomic E-state index is 0.0316. The van der Waals surface area contributed by atoms with Crippen LogP contribution >= 0.6 is 7.14 Å². The number of nitrogens with one attached hydrogen (secondary N) is 2. The first-order chi connectivity index (χ1) is 15.7. The van der Waals surface area contributed by atoms with E-state index in [2.05, 4.69) is 26.7 Å². The summed E-state index contributed by atoms with van der Waals surface area (Å²) in [4.78, 5) is 8.95. The molecule has 0 amide bonds. The van der Waals surface area contributed by atoms with Gasteiger partial charge in [0.2, 0.25) is 5.95 Å². The molecule has 3 aromatic rings. The van der Waals surface area contributed by atoms with Crippen LogP contribution in [0, 0.1) is 11.3 Å². The van der Waals surface area contributed by atoms with Crippen molar-refractivity contribution in [3.05, 3.63) is 53.7 Å². The number of hydrogen-bond donors (Lipinski definition) is 3. The Balaban J connectivity index is 1.71. The summed E-state index contributed by atoms with van der Waals surface area (Å²) in [6.45, 7) is 5.92. The summed E-state index contributed by atoms with van der Waals surface area (Å²) in [7, 11) is -0.871. The van der Waals surface area contributed by atoms with Crippen molar-refractivity contribution in [2.45, 2.75) is 12.3 Å². The SMILES string of the molecule is COc1cc(P(C)(C)=O)ccc1Nc1nccc(-c2cc(C#N)c3c(c2)[C@@](C)(CO)CN3)n1. The van der Waals surface area contributed by atoms with Gasteiger partial charge in [0.25, 0.3) is 0 Å². The van der Waals surface area contributed by atoms with Gasteiger partial charge in [-0.05, 0) is 55.3 Å². The molecule has 0 bridgehead atoms. The summed E-state index contributed by atoms with van der Waals surface area (Å²) in [5, 5.41) is 26.7. The van der Waals surface area contributed by atoms with Gasteiger partial charge in [0.15, 0.2) is 0 Å². The Morgan fingerprint density at radius 2 is 2.09 bits per heavy atom. The quantitative estimate of drug-likeness (QED) is 0.474. The molecule has 2 heterocycles. The predicted octanol–water partition coefficient (Wildman–Crippen LogP) is 3.69. The normalized spacial score (nSPS) is 17.1. The first kappa shape index (κ1) is 22.8. The zero-order valence-electron chi connectivity index (χ0n) is 19.0. The molecule has 8 nitrogen and oxygen atoms in total. The molecule has 1 aliphatic rings. The Morgan fingerprint density at radius 1 is 1.30 bits per heavy atom. The Morgan fingerprint density at radius 3 is 2.76 bits per heavy atom. The molecule has 33 heavy (non-hydrogen) atoms. The fourth-order valence-electron chi connectivity index (χ4n) is 3.88. The number of aromatic nitrogens is 2. The summed E-state index contributed by atoms with van der Waals surface area (Å²) in [6.07, 6.45) is 1.64. The van der Waals surface area contributed by atoms with Gasteiger partial charge in [-0.3, -0.25) is 0 Å². The van der Waals surface area contributed by atoms with Gasteiger partial charge in [-0.2, -0.15) is 5.26 Å². The summed E-state index contributed by atoms with van der Waals surface area (Å²) in [5.74, 6) is 0.899. The first-order valence-electron chi connectivity index (χ1n) is 10.5. The zero-order chi connectivity index (χ0) is 23.8. The van der Waals surface area contributed by atoms with Crippen LogP contribution in [-0.2, 0) is 9.98 Å². The summed E-state index contributed by atoms with van der Waals surface area (Å²) >= 11 is 0. The fraction of sp³-hybridized carbons (Fsp3) is 0.292. The van der Waals surface area contributed by atoms with E-state index in [1.165, 1.54) is 0 Å². The van der Waals surface area contributed by atoms with E-state index in [0.717, 1.165) is 22.1 Å². The Hall–Kier alpha value is -3.40. The lowest BCUT2D eigenvalue weighted by atomic mass is 9.83. The second-order valence-electron chi connectivity index (χ2n) is 8.76. The highest BCUT2D eigenvalue weighted by atomic mass is 31.2. The number of rotatable bonds is 6. The first-order valence-corrected chi connectivity index (χ1v) is 13.1. The van der Waals surface area contributed by atoms with Crippen LogP contribution in [0.1, 0.15) is 18.1 Å². The number of methoxy groups -OCH3 is 1. The number of ether oxygens (including phenoxy) is 1. The fourth-order valence-corrected chi connectivity index (χ4v) is 4.74. The average Bonchev–Trinajstić information content (AvgIpc) is 3.15. The number of aliphatic hydroxyl groups is 1. The van der Waals surface area contributed by atoms with Gasteiger partial charge >= 0.3 is 0 Å². The van der Waals surface area contributed by atoms with Crippen LogP contribution in [0.25, 0.3) is 11.3 Å². The lowest BCUT2D eigenvalue weighted by molar-refractivity contribution is 0.219. The molecule has 0 unspecified atom stereocenters. The lowest BCUT2D eigenvalue weighted by Gasteiger charge is -2.21. The van der Waals surface area contributed by atoms with E-state index < -0.39 is 12.6 Å². The van der Waals surface area contributed by atoms with Crippen LogP contribution < -0.4 is 20.7 Å². The van der Waals surface area contributed by atoms with Crippen molar-refractivity contribution >= 4 is 29.8 Å². The van der Waals surface area contributed by atoms with Crippen molar-refractivity contribution in [1.82, 2.24) is 9.97 Å². The number of fused-ring (bicyclic) bond motifs is 1. The second kappa shape index (κ2) is 8.51. The molecule has 0 saturated heterocycles. The molecule has 1 aliphatic heterocycles. The molecular formula is C24H26N5O3P. The average molecular weight is 463 g/mol. The molecule has 0 saturated carbocycles. The highest BCUT2D eigenvalue weighted by Crippen LogP contribution is 2.41. The van der Waals surface area contributed by atoms with E-state index in [0.29, 0.717) is 35.2 Å². The largest absolute Gasteiger partial charge is 0.495 e. The lowest BCUT2D eigenvalue weighted by Crippen LogP contribution is -2.28. The van der Waals surface area contributed by atoms with E-state index in [4.69, 9.17) is 4.74 Å². The minimum Gasteiger partial charge on any atom is -0.495 e. The number of anilines is 3. The molecule has 0 fully saturated rings. The molecule has 0 radical (unpaired) electrons. The number of nitriles is 1. The van der Waals surface area contributed by atoms with Gasteiger partial charge in [-0.25, -0.2) is 9.97 Å². The van der Waals surface area contributed by atoms with Crippen molar-refractivity contribution in [3.8, 4) is 23.1 Å². The van der Waals surface area contributed by atoms with E-state index in [9.17, 15) is 14.9 Å². The summed E-state index contributed by atoms with van der Waals surface area (Å²) in [5.41, 5.74) is 3.75.